The lowest BCUT2D eigenvalue weighted by Crippen LogP contribution is -2.55. The third kappa shape index (κ3) is 7.25. The molecule has 1 heterocycles. The summed E-state index contributed by atoms with van der Waals surface area (Å²) in [6.45, 7) is 3.28. The molecule has 0 bridgehead atoms. The average molecular weight is 708 g/mol. The number of methoxy groups -OCH3 is 1. The summed E-state index contributed by atoms with van der Waals surface area (Å²) >= 11 is 3.54. The number of carbonyl (C=O) groups is 4. The topological polar surface area (TPSA) is 108 Å². The molecular weight excluding hydrogens is 672 g/mol. The van der Waals surface area contributed by atoms with Crippen LogP contribution in [0.25, 0.3) is 10.8 Å². The highest BCUT2D eigenvalue weighted by Crippen LogP contribution is 2.37. The number of hydrogen-bond donors (Lipinski definition) is 2. The molecule has 0 radical (unpaired) electrons. The van der Waals surface area contributed by atoms with Crippen LogP contribution in [0.3, 0.4) is 0 Å². The van der Waals surface area contributed by atoms with Crippen LogP contribution in [0.2, 0.25) is 0 Å². The highest BCUT2D eigenvalue weighted by atomic mass is 79.9. The van der Waals surface area contributed by atoms with Crippen molar-refractivity contribution in [2.45, 2.75) is 38.9 Å². The van der Waals surface area contributed by atoms with Crippen molar-refractivity contribution < 1.29 is 23.9 Å². The zero-order valence-electron chi connectivity index (χ0n) is 26.0. The summed E-state index contributed by atoms with van der Waals surface area (Å²) in [6.07, 6.45) is 0.0420. The van der Waals surface area contributed by atoms with Crippen molar-refractivity contribution in [3.05, 3.63) is 100 Å². The fourth-order valence-corrected chi connectivity index (χ4v) is 5.88. The summed E-state index contributed by atoms with van der Waals surface area (Å²) in [7, 11) is 3.26. The molecule has 0 fully saturated rings. The van der Waals surface area contributed by atoms with Crippen molar-refractivity contribution in [1.29, 1.82) is 0 Å². The molecule has 0 saturated heterocycles. The number of anilines is 2. The van der Waals surface area contributed by atoms with Crippen molar-refractivity contribution in [1.82, 2.24) is 10.6 Å². The Morgan fingerprint density at radius 1 is 1.00 bits per heavy atom. The quantitative estimate of drug-likeness (QED) is 0.224. The van der Waals surface area contributed by atoms with Crippen molar-refractivity contribution >= 4 is 74.0 Å². The number of nitrogens with one attached hydrogen (secondary N) is 2. The zero-order valence-corrected chi connectivity index (χ0v) is 28.4. The number of ketones is 1. The second kappa shape index (κ2) is 14.9. The largest absolute Gasteiger partial charge is 0.496 e. The Morgan fingerprint density at radius 3 is 2.35 bits per heavy atom. The van der Waals surface area contributed by atoms with Crippen LogP contribution < -0.4 is 25.2 Å². The van der Waals surface area contributed by atoms with Crippen LogP contribution in [0.4, 0.5) is 11.4 Å². The van der Waals surface area contributed by atoms with E-state index in [9.17, 15) is 19.2 Å². The van der Waals surface area contributed by atoms with Crippen molar-refractivity contribution in [3.8, 4) is 5.75 Å². The van der Waals surface area contributed by atoms with Crippen LogP contribution in [-0.4, -0.2) is 56.3 Å². The third-order valence-electron chi connectivity index (χ3n) is 8.14. The van der Waals surface area contributed by atoms with Gasteiger partial charge < -0.3 is 25.2 Å². The number of Topliss-reactive ketones (excluding diaryl/α,β-unsaturated/α-hetero) is 1. The molecule has 0 aromatic heterocycles. The van der Waals surface area contributed by atoms with Crippen LogP contribution in [0.15, 0.2) is 83.3 Å². The van der Waals surface area contributed by atoms with Gasteiger partial charge in [0.25, 0.3) is 5.91 Å². The Bertz CT molecular complexity index is 1780. The summed E-state index contributed by atoms with van der Waals surface area (Å²) in [6, 6.07) is 22.4. The molecule has 4 aromatic carbocycles. The van der Waals surface area contributed by atoms with E-state index in [2.05, 4.69) is 26.6 Å². The Labute approximate surface area is 282 Å². The van der Waals surface area contributed by atoms with Gasteiger partial charge >= 0.3 is 0 Å². The fraction of sp³-hybridized carbons (Fsp3) is 0.257. The zero-order chi connectivity index (χ0) is 32.2. The van der Waals surface area contributed by atoms with Gasteiger partial charge in [-0.2, -0.15) is 0 Å². The number of hydrogen-bond acceptors (Lipinski definition) is 6. The smallest absolute Gasteiger partial charge is 0.251 e. The minimum Gasteiger partial charge on any atom is -0.496 e. The molecule has 11 heteroatoms. The number of benzene rings is 4. The van der Waals surface area contributed by atoms with E-state index in [1.54, 1.807) is 55.1 Å². The highest BCUT2D eigenvalue weighted by molar-refractivity contribution is 9.10. The summed E-state index contributed by atoms with van der Waals surface area (Å²) in [5, 5.41) is 7.68. The Kier molecular flexibility index (Phi) is 11.2. The van der Waals surface area contributed by atoms with Crippen LogP contribution >= 0.6 is 28.3 Å². The minimum absolute atomic E-state index is 0. The van der Waals surface area contributed by atoms with Crippen LogP contribution in [0.1, 0.15) is 35.3 Å². The number of para-hydroxylation sites is 2. The summed E-state index contributed by atoms with van der Waals surface area (Å²) in [4.78, 5) is 56.5. The molecule has 9 nitrogen and oxygen atoms in total. The number of carbonyl (C=O) groups excluding carboxylic acids is 4. The number of nitrogens with zero attached hydrogens (tertiary/aromatic N) is 2. The molecule has 2 N–H and O–H groups in total. The molecular formula is C35H36BrClN4O5. The van der Waals surface area contributed by atoms with E-state index in [0.29, 0.717) is 22.7 Å². The maximum Gasteiger partial charge on any atom is 0.251 e. The van der Waals surface area contributed by atoms with Gasteiger partial charge in [0.05, 0.1) is 44.0 Å². The molecule has 240 valence electrons. The first-order valence-electron chi connectivity index (χ1n) is 14.6. The van der Waals surface area contributed by atoms with Gasteiger partial charge in [-0.25, -0.2) is 0 Å². The predicted molar refractivity (Wildman–Crippen MR) is 186 cm³/mol. The Morgan fingerprint density at radius 2 is 1.70 bits per heavy atom. The van der Waals surface area contributed by atoms with Gasteiger partial charge in [-0.1, -0.05) is 64.5 Å². The van der Waals surface area contributed by atoms with Crippen LogP contribution in [0.5, 0.6) is 5.75 Å². The standard InChI is InChI=1S/C35H35BrN4O5.ClH/c1-21(37-3)34(43)38-29-20-39(33(42)17-23-9-11-24(12-10-23)22(2)41)30-7-5-6-8-31(30)40(35(29)44)19-28-27-15-14-26(36)18-25(27)13-16-32(28)45-4;/h5-16,18,21,29,37H,17,19-20H2,1-4H3,(H,38,43);1H. The van der Waals surface area contributed by atoms with E-state index in [-0.39, 0.29) is 55.4 Å². The highest BCUT2D eigenvalue weighted by Gasteiger charge is 2.37. The first-order chi connectivity index (χ1) is 21.6. The molecule has 0 spiro atoms. The lowest BCUT2D eigenvalue weighted by atomic mass is 10.0. The van der Waals surface area contributed by atoms with Gasteiger partial charge in [0.15, 0.2) is 5.78 Å². The van der Waals surface area contributed by atoms with Crippen molar-refractivity contribution in [2.24, 2.45) is 0 Å². The second-order valence-electron chi connectivity index (χ2n) is 11.0. The normalized spacial score (nSPS) is 15.0. The van der Waals surface area contributed by atoms with Gasteiger partial charge in [-0.15, -0.1) is 12.4 Å². The molecule has 1 aliphatic rings. The van der Waals surface area contributed by atoms with Crippen LogP contribution in [-0.2, 0) is 27.3 Å². The van der Waals surface area contributed by atoms with E-state index < -0.39 is 12.1 Å². The van der Waals surface area contributed by atoms with Gasteiger partial charge in [0, 0.05) is 15.6 Å². The van der Waals surface area contributed by atoms with E-state index in [4.69, 9.17) is 4.74 Å². The number of likely N-dealkylation sites (N-methyl/N-ethyl adjacent to an activating group) is 1. The first-order valence-corrected chi connectivity index (χ1v) is 15.4. The van der Waals surface area contributed by atoms with E-state index >= 15 is 0 Å². The molecule has 3 amide bonds. The number of ether oxygens (including phenoxy) is 1. The maximum atomic E-state index is 14.4. The molecule has 2 unspecified atom stereocenters. The number of rotatable bonds is 9. The molecule has 4 aromatic rings. The second-order valence-corrected chi connectivity index (χ2v) is 11.9. The Hall–Kier alpha value is -4.25. The third-order valence-corrected chi connectivity index (χ3v) is 8.63. The lowest BCUT2D eigenvalue weighted by molar-refractivity contribution is -0.128. The average Bonchev–Trinajstić information content (AvgIpc) is 3.15. The number of halogens is 2. The number of fused-ring (bicyclic) bond motifs is 2. The number of amides is 3. The predicted octanol–water partition coefficient (Wildman–Crippen LogP) is 5.45. The van der Waals surface area contributed by atoms with E-state index in [1.807, 2.05) is 54.6 Å². The van der Waals surface area contributed by atoms with Gasteiger partial charge in [-0.05, 0) is 67.6 Å². The first kappa shape index (κ1) is 34.6. The fourth-order valence-electron chi connectivity index (χ4n) is 5.51. The minimum atomic E-state index is -1.03. The molecule has 0 saturated carbocycles. The van der Waals surface area contributed by atoms with Gasteiger partial charge in [0.1, 0.15) is 11.8 Å². The summed E-state index contributed by atoms with van der Waals surface area (Å²) in [5.74, 6) is -0.400. The van der Waals surface area contributed by atoms with Gasteiger partial charge in [-0.3, -0.25) is 19.2 Å². The van der Waals surface area contributed by atoms with E-state index in [0.717, 1.165) is 26.4 Å². The lowest BCUT2D eigenvalue weighted by Gasteiger charge is -2.27. The Balaban J connectivity index is 0.00000480. The summed E-state index contributed by atoms with van der Waals surface area (Å²) in [5.41, 5.74) is 3.18. The SMILES string of the molecule is CNC(C)C(=O)NC1CN(C(=O)Cc2ccc(C(C)=O)cc2)c2ccccc2N(Cc2c(OC)ccc3cc(Br)ccc23)C1=O.Cl. The van der Waals surface area contributed by atoms with Crippen LogP contribution in [0, 0.1) is 0 Å². The monoisotopic (exact) mass is 706 g/mol. The molecule has 1 aliphatic heterocycles. The maximum absolute atomic E-state index is 14.4. The summed E-state index contributed by atoms with van der Waals surface area (Å²) < 4.78 is 6.68. The van der Waals surface area contributed by atoms with Gasteiger partial charge in [0.2, 0.25) is 11.8 Å². The molecule has 0 aliphatic carbocycles. The van der Waals surface area contributed by atoms with Crippen molar-refractivity contribution in [2.75, 3.05) is 30.5 Å². The van der Waals surface area contributed by atoms with E-state index in [1.165, 1.54) is 6.92 Å². The molecule has 2 atom stereocenters. The molecule has 5 rings (SSSR count). The van der Waals surface area contributed by atoms with Crippen molar-refractivity contribution in [3.63, 3.8) is 0 Å². The molecule has 46 heavy (non-hydrogen) atoms.